The van der Waals surface area contributed by atoms with Crippen LogP contribution in [-0.2, 0) is 6.54 Å². The topological polar surface area (TPSA) is 20.3 Å². The highest BCUT2D eigenvalue weighted by molar-refractivity contribution is 5.93. The number of hydrogen-bond acceptors (Lipinski definition) is 1. The number of quaternary nitrogens is 1. The second-order valence-corrected chi connectivity index (χ2v) is 6.40. The van der Waals surface area contributed by atoms with Gasteiger partial charge in [0, 0.05) is 18.2 Å². The Hall–Kier alpha value is -2.13. The average Bonchev–Trinajstić information content (AvgIpc) is 2.53. The van der Waals surface area contributed by atoms with Gasteiger partial charge in [-0.05, 0) is 12.1 Å². The molecule has 2 aromatic rings. The molecule has 0 saturated heterocycles. The first kappa shape index (κ1) is 16.2. The van der Waals surface area contributed by atoms with Crippen LogP contribution in [0.3, 0.4) is 0 Å². The van der Waals surface area contributed by atoms with Crippen LogP contribution >= 0.6 is 0 Å². The van der Waals surface area contributed by atoms with E-state index in [9.17, 15) is 4.79 Å². The van der Waals surface area contributed by atoms with Gasteiger partial charge in [-0.15, -0.1) is 0 Å². The third-order valence-electron chi connectivity index (χ3n) is 3.86. The van der Waals surface area contributed by atoms with Crippen molar-refractivity contribution in [3.05, 3.63) is 71.8 Å². The van der Waals surface area contributed by atoms with E-state index in [1.54, 1.807) is 4.90 Å². The molecule has 0 heterocycles. The molecule has 2 aromatic carbocycles. The first-order valence-corrected chi connectivity index (χ1v) is 7.64. The molecule has 0 radical (unpaired) electrons. The van der Waals surface area contributed by atoms with Crippen LogP contribution < -0.4 is 0 Å². The average molecular weight is 297 g/mol. The second kappa shape index (κ2) is 7.23. The van der Waals surface area contributed by atoms with Gasteiger partial charge in [0.25, 0.3) is 5.91 Å². The first-order chi connectivity index (χ1) is 10.5. The quantitative estimate of drug-likeness (QED) is 0.751. The zero-order valence-electron chi connectivity index (χ0n) is 13.7. The van der Waals surface area contributed by atoms with Crippen LogP contribution in [0.25, 0.3) is 0 Å². The highest BCUT2D eigenvalue weighted by atomic mass is 16.2. The predicted molar refractivity (Wildman–Crippen MR) is 90.5 cm³/mol. The second-order valence-electron chi connectivity index (χ2n) is 6.40. The molecule has 0 spiro atoms. The summed E-state index contributed by atoms with van der Waals surface area (Å²) in [6.45, 7) is 2.63. The van der Waals surface area contributed by atoms with Crippen molar-refractivity contribution in [2.45, 2.75) is 6.54 Å². The Morgan fingerprint density at radius 2 is 1.50 bits per heavy atom. The van der Waals surface area contributed by atoms with Gasteiger partial charge in [-0.2, -0.15) is 0 Å². The molecule has 0 fully saturated rings. The van der Waals surface area contributed by atoms with Crippen LogP contribution in [0.4, 0.5) is 0 Å². The van der Waals surface area contributed by atoms with E-state index in [-0.39, 0.29) is 5.91 Å². The number of rotatable bonds is 6. The van der Waals surface area contributed by atoms with E-state index >= 15 is 0 Å². The van der Waals surface area contributed by atoms with Gasteiger partial charge in [-0.1, -0.05) is 48.5 Å². The summed E-state index contributed by atoms with van der Waals surface area (Å²) >= 11 is 0. The minimum Gasteiger partial charge on any atom is -0.336 e. The summed E-state index contributed by atoms with van der Waals surface area (Å²) in [6.07, 6.45) is 0. The lowest BCUT2D eigenvalue weighted by Gasteiger charge is -2.31. The van der Waals surface area contributed by atoms with Crippen molar-refractivity contribution in [3.8, 4) is 0 Å². The minimum atomic E-state index is 0.0836. The van der Waals surface area contributed by atoms with E-state index in [0.29, 0.717) is 0 Å². The van der Waals surface area contributed by atoms with Gasteiger partial charge in [0.05, 0.1) is 27.2 Å². The molecule has 3 nitrogen and oxygen atoms in total. The van der Waals surface area contributed by atoms with Crippen molar-refractivity contribution < 1.29 is 9.28 Å². The Bertz CT molecular complexity index is 593. The molecule has 2 rings (SSSR count). The number of likely N-dealkylation sites (N-methyl/N-ethyl adjacent to an activating group) is 2. The number of amides is 1. The number of carbonyl (C=O) groups excluding carboxylic acids is 1. The Morgan fingerprint density at radius 3 is 2.09 bits per heavy atom. The van der Waals surface area contributed by atoms with Gasteiger partial charge in [0.2, 0.25) is 0 Å². The number of hydrogen-bond donors (Lipinski definition) is 0. The Kier molecular flexibility index (Phi) is 5.34. The highest BCUT2D eigenvalue weighted by Crippen LogP contribution is 2.10. The maximum absolute atomic E-state index is 12.3. The van der Waals surface area contributed by atoms with Crippen molar-refractivity contribution >= 4 is 5.91 Å². The Labute approximate surface area is 133 Å². The fraction of sp³-hybridized carbons (Fsp3) is 0.316. The molecule has 0 saturated carbocycles. The largest absolute Gasteiger partial charge is 0.336 e. The van der Waals surface area contributed by atoms with Crippen LogP contribution in [-0.4, -0.2) is 49.5 Å². The minimum absolute atomic E-state index is 0.0836. The van der Waals surface area contributed by atoms with Crippen LogP contribution in [0, 0.1) is 0 Å². The predicted octanol–water partition coefficient (Wildman–Crippen LogP) is 3.04. The summed E-state index contributed by atoms with van der Waals surface area (Å²) in [5.41, 5.74) is 2.07. The van der Waals surface area contributed by atoms with Crippen molar-refractivity contribution in [1.29, 1.82) is 0 Å². The summed E-state index contributed by atoms with van der Waals surface area (Å²) in [5, 5.41) is 0. The summed E-state index contributed by atoms with van der Waals surface area (Å²) in [5.74, 6) is 0.0836. The smallest absolute Gasteiger partial charge is 0.253 e. The van der Waals surface area contributed by atoms with Crippen LogP contribution in [0.15, 0.2) is 60.7 Å². The summed E-state index contributed by atoms with van der Waals surface area (Å²) < 4.78 is 0.858. The molecule has 0 N–H and O–H groups in total. The molecule has 116 valence electrons. The van der Waals surface area contributed by atoms with E-state index in [0.717, 1.165) is 29.7 Å². The molecule has 0 aromatic heterocycles. The lowest BCUT2D eigenvalue weighted by Crippen LogP contribution is -2.45. The molecule has 1 amide bonds. The van der Waals surface area contributed by atoms with Gasteiger partial charge >= 0.3 is 0 Å². The Balaban J connectivity index is 1.89. The van der Waals surface area contributed by atoms with Crippen LogP contribution in [0.1, 0.15) is 15.9 Å². The molecule has 3 heteroatoms. The summed E-state index contributed by atoms with van der Waals surface area (Å²) in [6, 6.07) is 19.9. The SMILES string of the molecule is CN(CC[N+](C)(C)Cc1ccccc1)C(=O)c1ccccc1. The van der Waals surface area contributed by atoms with E-state index in [4.69, 9.17) is 0 Å². The normalized spacial score (nSPS) is 11.2. The van der Waals surface area contributed by atoms with Crippen LogP contribution in [0.2, 0.25) is 0 Å². The molecule has 0 aliphatic heterocycles. The van der Waals surface area contributed by atoms with Gasteiger partial charge < -0.3 is 9.38 Å². The molecule has 0 atom stereocenters. The van der Waals surface area contributed by atoms with E-state index in [2.05, 4.69) is 38.4 Å². The molecular weight excluding hydrogens is 272 g/mol. The third-order valence-corrected chi connectivity index (χ3v) is 3.86. The van der Waals surface area contributed by atoms with E-state index in [1.165, 1.54) is 5.56 Å². The molecule has 0 bridgehead atoms. The highest BCUT2D eigenvalue weighted by Gasteiger charge is 2.19. The molecule has 0 aliphatic carbocycles. The zero-order valence-corrected chi connectivity index (χ0v) is 13.7. The molecule has 0 aliphatic rings. The molecule has 22 heavy (non-hydrogen) atoms. The van der Waals surface area contributed by atoms with E-state index in [1.807, 2.05) is 43.4 Å². The Morgan fingerprint density at radius 1 is 0.955 bits per heavy atom. The van der Waals surface area contributed by atoms with Gasteiger partial charge in [-0.25, -0.2) is 0 Å². The number of nitrogens with zero attached hydrogens (tertiary/aromatic N) is 2. The molecule has 0 unspecified atom stereocenters. The van der Waals surface area contributed by atoms with Crippen molar-refractivity contribution in [1.82, 2.24) is 4.90 Å². The van der Waals surface area contributed by atoms with Crippen LogP contribution in [0.5, 0.6) is 0 Å². The van der Waals surface area contributed by atoms with Gasteiger partial charge in [0.15, 0.2) is 0 Å². The summed E-state index contributed by atoms with van der Waals surface area (Å²) in [7, 11) is 6.28. The third kappa shape index (κ3) is 4.71. The van der Waals surface area contributed by atoms with E-state index < -0.39 is 0 Å². The van der Waals surface area contributed by atoms with Gasteiger partial charge in [-0.3, -0.25) is 4.79 Å². The molecular formula is C19H25N2O+. The standard InChI is InChI=1S/C19H25N2O/c1-20(19(22)18-12-8-5-9-13-18)14-15-21(2,3)16-17-10-6-4-7-11-17/h4-13H,14-16H2,1-3H3/q+1. The maximum Gasteiger partial charge on any atom is 0.253 e. The zero-order chi connectivity index (χ0) is 16.0. The first-order valence-electron chi connectivity index (χ1n) is 7.64. The lowest BCUT2D eigenvalue weighted by molar-refractivity contribution is -0.903. The number of benzene rings is 2. The number of carbonyl (C=O) groups is 1. The van der Waals surface area contributed by atoms with Crippen molar-refractivity contribution in [3.63, 3.8) is 0 Å². The monoisotopic (exact) mass is 297 g/mol. The summed E-state index contributed by atoms with van der Waals surface area (Å²) in [4.78, 5) is 14.1. The van der Waals surface area contributed by atoms with Gasteiger partial charge in [0.1, 0.15) is 6.54 Å². The van der Waals surface area contributed by atoms with Crippen molar-refractivity contribution in [2.24, 2.45) is 0 Å². The fourth-order valence-electron chi connectivity index (χ4n) is 2.48. The maximum atomic E-state index is 12.3. The van der Waals surface area contributed by atoms with Crippen molar-refractivity contribution in [2.75, 3.05) is 34.2 Å². The fourth-order valence-corrected chi connectivity index (χ4v) is 2.48. The lowest BCUT2D eigenvalue weighted by atomic mass is 10.2.